The number of imidazole rings is 1. The van der Waals surface area contributed by atoms with Crippen molar-refractivity contribution in [2.24, 2.45) is 0 Å². The number of nitrogens with one attached hydrogen (secondary N) is 2. The number of fused-ring (bicyclic) bond motifs is 2. The van der Waals surface area contributed by atoms with Crippen LogP contribution in [-0.2, 0) is 27.1 Å². The number of rotatable bonds is 8. The highest BCUT2D eigenvalue weighted by Gasteiger charge is 2.30. The van der Waals surface area contributed by atoms with Crippen molar-refractivity contribution < 1.29 is 28.6 Å². The largest absolute Gasteiger partial charge is 0.497 e. The Kier molecular flexibility index (Phi) is 7.93. The molecule has 1 aliphatic rings. The van der Waals surface area contributed by atoms with Gasteiger partial charge in [-0.2, -0.15) is 0 Å². The van der Waals surface area contributed by atoms with E-state index in [2.05, 4.69) is 27.4 Å². The molecule has 0 aliphatic heterocycles. The van der Waals surface area contributed by atoms with Crippen LogP contribution in [0, 0.1) is 0 Å². The van der Waals surface area contributed by atoms with E-state index < -0.39 is 24.5 Å². The molecule has 2 aromatic heterocycles. The summed E-state index contributed by atoms with van der Waals surface area (Å²) in [7, 11) is 2.93. The molecule has 218 valence electrons. The summed E-state index contributed by atoms with van der Waals surface area (Å²) in [5.74, 6) is 0.0401. The number of nitrogens with zero attached hydrogens (tertiary/aromatic N) is 1. The normalized spacial score (nSPS) is 14.1. The predicted molar refractivity (Wildman–Crippen MR) is 164 cm³/mol. The third-order valence-electron chi connectivity index (χ3n) is 7.59. The molecule has 43 heavy (non-hydrogen) atoms. The van der Waals surface area contributed by atoms with Crippen molar-refractivity contribution in [3.63, 3.8) is 0 Å². The number of hydrogen-bond acceptors (Lipinski definition) is 8. The highest BCUT2D eigenvalue weighted by atomic mass is 32.1. The molecule has 3 aromatic carbocycles. The lowest BCUT2D eigenvalue weighted by molar-refractivity contribution is -0.119. The number of anilines is 1. The number of aromatic nitrogens is 2. The lowest BCUT2D eigenvalue weighted by Gasteiger charge is -2.22. The average Bonchev–Trinajstić information content (AvgIpc) is 3.64. The molecule has 0 fully saturated rings. The first-order valence-electron chi connectivity index (χ1n) is 13.8. The van der Waals surface area contributed by atoms with Gasteiger partial charge in [0, 0.05) is 10.4 Å². The maximum Gasteiger partial charge on any atom is 0.341 e. The Morgan fingerprint density at radius 2 is 1.79 bits per heavy atom. The molecule has 2 N–H and O–H groups in total. The number of benzene rings is 3. The number of H-pyrrole nitrogens is 1. The number of amides is 1. The molecule has 5 aromatic rings. The van der Waals surface area contributed by atoms with E-state index in [-0.39, 0.29) is 5.56 Å². The van der Waals surface area contributed by atoms with E-state index in [4.69, 9.17) is 14.2 Å². The van der Waals surface area contributed by atoms with Crippen LogP contribution in [0.2, 0.25) is 0 Å². The Hall–Kier alpha value is -4.96. The smallest absolute Gasteiger partial charge is 0.341 e. The molecule has 1 atom stereocenters. The first kappa shape index (κ1) is 28.2. The molecule has 0 radical (unpaired) electrons. The zero-order valence-electron chi connectivity index (χ0n) is 23.6. The van der Waals surface area contributed by atoms with Crippen LogP contribution >= 0.6 is 11.3 Å². The van der Waals surface area contributed by atoms with E-state index in [1.165, 1.54) is 24.0 Å². The lowest BCUT2D eigenvalue weighted by Crippen LogP contribution is -2.22. The summed E-state index contributed by atoms with van der Waals surface area (Å²) < 4.78 is 15.6. The quantitative estimate of drug-likeness (QED) is 0.206. The van der Waals surface area contributed by atoms with Crippen molar-refractivity contribution in [3.8, 4) is 17.1 Å². The fourth-order valence-electron chi connectivity index (χ4n) is 5.40. The van der Waals surface area contributed by atoms with Gasteiger partial charge >= 0.3 is 11.9 Å². The van der Waals surface area contributed by atoms with E-state index in [9.17, 15) is 14.4 Å². The zero-order chi connectivity index (χ0) is 29.9. The maximum absolute atomic E-state index is 12.9. The molecule has 1 aliphatic carbocycles. The molecule has 6 rings (SSSR count). The Balaban J connectivity index is 1.13. The Morgan fingerprint density at radius 1 is 1.00 bits per heavy atom. The second-order valence-electron chi connectivity index (χ2n) is 10.2. The van der Waals surface area contributed by atoms with E-state index in [0.29, 0.717) is 39.8 Å². The summed E-state index contributed by atoms with van der Waals surface area (Å²) in [5, 5.41) is 3.19. The van der Waals surface area contributed by atoms with Crippen LogP contribution in [-0.4, -0.2) is 48.6 Å². The number of carbonyl (C=O) groups is 3. The molecule has 10 heteroatoms. The standard InChI is InChI=1S/C33H29N3O6S/c1-40-23-12-8-20(9-13-23)30-34-25-15-11-22(16-26(25)35-30)32(38)42-18-28(37)36-31-29(33(39)41-2)24-14-10-21(17-27(24)43-31)19-6-4-3-5-7-19/h3-9,11-13,15-16,21H,10,14,17-18H2,1-2H3,(H,34,35)(H,36,37). The SMILES string of the molecule is COC(=O)c1c(NC(=O)COC(=O)c2ccc3nc(-c4ccc(OC)cc4)[nH]c3c2)sc2c1CCC(c1ccccc1)C2. The van der Waals surface area contributed by atoms with Crippen LogP contribution in [0.15, 0.2) is 72.8 Å². The molecule has 1 unspecified atom stereocenters. The Labute approximate surface area is 251 Å². The Bertz CT molecular complexity index is 1810. The topological polar surface area (TPSA) is 120 Å². The van der Waals surface area contributed by atoms with Gasteiger partial charge in [-0.25, -0.2) is 14.6 Å². The summed E-state index contributed by atoms with van der Waals surface area (Å²) >= 11 is 1.38. The highest BCUT2D eigenvalue weighted by Crippen LogP contribution is 2.42. The van der Waals surface area contributed by atoms with Gasteiger partial charge in [0.25, 0.3) is 5.91 Å². The van der Waals surface area contributed by atoms with Gasteiger partial charge in [-0.1, -0.05) is 30.3 Å². The molecule has 0 saturated carbocycles. The number of carbonyl (C=O) groups excluding carboxylic acids is 3. The van der Waals surface area contributed by atoms with Crippen LogP contribution in [0.1, 0.15) is 49.1 Å². The second kappa shape index (κ2) is 12.1. The minimum absolute atomic E-state index is 0.277. The minimum Gasteiger partial charge on any atom is -0.497 e. The second-order valence-corrected chi connectivity index (χ2v) is 11.3. The van der Waals surface area contributed by atoms with Crippen LogP contribution < -0.4 is 10.1 Å². The summed E-state index contributed by atoms with van der Waals surface area (Å²) in [6.07, 6.45) is 2.37. The Morgan fingerprint density at radius 3 is 2.53 bits per heavy atom. The van der Waals surface area contributed by atoms with E-state index >= 15 is 0 Å². The van der Waals surface area contributed by atoms with E-state index in [1.54, 1.807) is 25.3 Å². The minimum atomic E-state index is -0.651. The van der Waals surface area contributed by atoms with Crippen molar-refractivity contribution in [1.29, 1.82) is 0 Å². The van der Waals surface area contributed by atoms with Crippen molar-refractivity contribution in [2.75, 3.05) is 26.1 Å². The monoisotopic (exact) mass is 595 g/mol. The fraction of sp³-hybridized carbons (Fsp3) is 0.212. The maximum atomic E-state index is 12.9. The van der Waals surface area contributed by atoms with Gasteiger partial charge in [-0.3, -0.25) is 4.79 Å². The van der Waals surface area contributed by atoms with Crippen LogP contribution in [0.5, 0.6) is 5.75 Å². The van der Waals surface area contributed by atoms with Gasteiger partial charge in [-0.05, 0) is 78.8 Å². The third kappa shape index (κ3) is 5.87. The molecule has 0 saturated heterocycles. The summed E-state index contributed by atoms with van der Waals surface area (Å²) in [4.78, 5) is 47.3. The summed E-state index contributed by atoms with van der Waals surface area (Å²) in [6, 6.07) is 22.7. The molecule has 0 spiro atoms. The van der Waals surface area contributed by atoms with Crippen molar-refractivity contribution >= 4 is 45.2 Å². The van der Waals surface area contributed by atoms with Crippen LogP contribution in [0.3, 0.4) is 0 Å². The van der Waals surface area contributed by atoms with Crippen molar-refractivity contribution in [1.82, 2.24) is 9.97 Å². The first-order chi connectivity index (χ1) is 20.9. The van der Waals surface area contributed by atoms with Crippen molar-refractivity contribution in [3.05, 3.63) is 99.9 Å². The van der Waals surface area contributed by atoms with Gasteiger partial charge in [0.1, 0.15) is 16.6 Å². The average molecular weight is 596 g/mol. The summed E-state index contributed by atoms with van der Waals surface area (Å²) in [5.41, 5.74) is 5.04. The van der Waals surface area contributed by atoms with Crippen LogP contribution in [0.4, 0.5) is 5.00 Å². The van der Waals surface area contributed by atoms with Gasteiger partial charge in [0.15, 0.2) is 6.61 Å². The van der Waals surface area contributed by atoms with Gasteiger partial charge in [0.2, 0.25) is 0 Å². The number of methoxy groups -OCH3 is 2. The molecular formula is C33H29N3O6S. The van der Waals surface area contributed by atoms with Gasteiger partial charge < -0.3 is 24.5 Å². The number of esters is 2. The predicted octanol–water partition coefficient (Wildman–Crippen LogP) is 6.15. The molecular weight excluding hydrogens is 566 g/mol. The lowest BCUT2D eigenvalue weighted by atomic mass is 9.83. The van der Waals surface area contributed by atoms with Crippen molar-refractivity contribution in [2.45, 2.75) is 25.2 Å². The number of hydrogen-bond donors (Lipinski definition) is 2. The molecule has 9 nitrogen and oxygen atoms in total. The van der Waals surface area contributed by atoms with E-state index in [1.807, 2.05) is 42.5 Å². The number of thiophene rings is 1. The molecule has 0 bridgehead atoms. The van der Waals surface area contributed by atoms with Crippen LogP contribution in [0.25, 0.3) is 22.4 Å². The highest BCUT2D eigenvalue weighted by molar-refractivity contribution is 7.17. The number of aromatic amines is 1. The zero-order valence-corrected chi connectivity index (χ0v) is 24.5. The van der Waals surface area contributed by atoms with E-state index in [0.717, 1.165) is 34.6 Å². The first-order valence-corrected chi connectivity index (χ1v) is 14.6. The summed E-state index contributed by atoms with van der Waals surface area (Å²) in [6.45, 7) is -0.507. The van der Waals surface area contributed by atoms with Gasteiger partial charge in [-0.15, -0.1) is 11.3 Å². The fourth-order valence-corrected chi connectivity index (χ4v) is 6.73. The third-order valence-corrected chi connectivity index (χ3v) is 8.76. The van der Waals surface area contributed by atoms with Gasteiger partial charge in [0.05, 0.1) is 36.4 Å². The molecule has 2 heterocycles. The number of ether oxygens (including phenoxy) is 3. The molecule has 1 amide bonds.